The number of methoxy groups -OCH3 is 2. The Morgan fingerprint density at radius 2 is 1.70 bits per heavy atom. The van der Waals surface area contributed by atoms with Crippen molar-refractivity contribution in [1.82, 2.24) is 0 Å². The molecule has 0 saturated heterocycles. The molecule has 0 heterocycles. The third kappa shape index (κ3) is 4.02. The molecule has 1 aromatic carbocycles. The van der Waals surface area contributed by atoms with E-state index in [0.29, 0.717) is 11.8 Å². The fourth-order valence-electron chi connectivity index (χ4n) is 5.90. The van der Waals surface area contributed by atoms with Gasteiger partial charge >= 0.3 is 0 Å². The van der Waals surface area contributed by atoms with Gasteiger partial charge in [-0.15, -0.1) is 0 Å². The zero-order valence-corrected chi connectivity index (χ0v) is 20.2. The first-order valence-corrected chi connectivity index (χ1v) is 11.8. The molecular formula is C27H42O3. The molecule has 30 heavy (non-hydrogen) atoms. The molecule has 1 saturated carbocycles. The molecule has 0 unspecified atom stereocenters. The topological polar surface area (TPSA) is 38.7 Å². The van der Waals surface area contributed by atoms with E-state index in [1.165, 1.54) is 36.8 Å². The van der Waals surface area contributed by atoms with E-state index in [0.717, 1.165) is 29.9 Å². The Labute approximate surface area is 183 Å². The lowest BCUT2D eigenvalue weighted by atomic mass is 9.45. The van der Waals surface area contributed by atoms with Crippen LogP contribution in [0.1, 0.15) is 90.2 Å². The van der Waals surface area contributed by atoms with Crippen LogP contribution >= 0.6 is 0 Å². The van der Waals surface area contributed by atoms with Gasteiger partial charge in [0.15, 0.2) is 0 Å². The second kappa shape index (κ2) is 8.94. The summed E-state index contributed by atoms with van der Waals surface area (Å²) in [4.78, 5) is 0. The summed E-state index contributed by atoms with van der Waals surface area (Å²) in [6.45, 7) is 11.7. The number of ether oxygens (including phenoxy) is 2. The zero-order chi connectivity index (χ0) is 22.1. The van der Waals surface area contributed by atoms with E-state index in [1.807, 2.05) is 0 Å². The summed E-state index contributed by atoms with van der Waals surface area (Å²) in [6.07, 6.45) is 9.70. The summed E-state index contributed by atoms with van der Waals surface area (Å²) < 4.78 is 11.9. The lowest BCUT2D eigenvalue weighted by Gasteiger charge is -2.59. The summed E-state index contributed by atoms with van der Waals surface area (Å²) in [5.74, 6) is 3.12. The summed E-state index contributed by atoms with van der Waals surface area (Å²) in [5, 5.41) is 9.98. The number of fused-ring (bicyclic) bond motifs is 1. The molecule has 0 spiro atoms. The maximum Gasteiger partial charge on any atom is 0.126 e. The first-order valence-electron chi connectivity index (χ1n) is 11.8. The molecule has 1 aromatic rings. The van der Waals surface area contributed by atoms with Gasteiger partial charge in [-0.1, -0.05) is 66.4 Å². The van der Waals surface area contributed by atoms with Crippen molar-refractivity contribution in [2.75, 3.05) is 20.8 Å². The molecule has 0 radical (unpaired) electrons. The number of allylic oxidation sites excluding steroid dienone is 1. The quantitative estimate of drug-likeness (QED) is 0.345. The van der Waals surface area contributed by atoms with Crippen LogP contribution in [0.3, 0.4) is 0 Å². The van der Waals surface area contributed by atoms with Crippen LogP contribution in [0.5, 0.6) is 11.5 Å². The number of hydrogen-bond donors (Lipinski definition) is 1. The van der Waals surface area contributed by atoms with E-state index >= 15 is 0 Å². The van der Waals surface area contributed by atoms with Crippen molar-refractivity contribution >= 4 is 0 Å². The molecule has 3 aliphatic carbocycles. The van der Waals surface area contributed by atoms with Gasteiger partial charge in [0, 0.05) is 11.5 Å². The van der Waals surface area contributed by atoms with Crippen molar-refractivity contribution < 1.29 is 14.6 Å². The second-order valence-electron chi connectivity index (χ2n) is 10.6. The van der Waals surface area contributed by atoms with Gasteiger partial charge in [0.1, 0.15) is 11.5 Å². The van der Waals surface area contributed by atoms with Crippen LogP contribution in [-0.4, -0.2) is 25.9 Å². The van der Waals surface area contributed by atoms with Crippen molar-refractivity contribution in [1.29, 1.82) is 0 Å². The van der Waals surface area contributed by atoms with Crippen molar-refractivity contribution in [2.24, 2.45) is 17.3 Å². The minimum absolute atomic E-state index is 0.0757. The minimum Gasteiger partial charge on any atom is -0.496 e. The van der Waals surface area contributed by atoms with Crippen LogP contribution < -0.4 is 9.47 Å². The second-order valence-corrected chi connectivity index (χ2v) is 10.6. The molecule has 168 valence electrons. The van der Waals surface area contributed by atoms with E-state index < -0.39 is 0 Å². The maximum atomic E-state index is 9.98. The largest absolute Gasteiger partial charge is 0.496 e. The standard InChI is InChI=1S/C27H42O3/c1-8-9-10-11-12-26(2,3)19-14-23(29-6)25(24(15-19)30-7)20-13-18(17-28)21-16-22(20)27(21,4)5/h13-15,20-22,28H,8-12,16-17H2,1-7H3/t20-,21-,22-/m0/s1. The normalized spacial score (nSPS) is 24.8. The molecule has 4 rings (SSSR count). The Hall–Kier alpha value is -1.48. The molecule has 3 heteroatoms. The smallest absolute Gasteiger partial charge is 0.126 e. The highest BCUT2D eigenvalue weighted by atomic mass is 16.5. The molecule has 0 aromatic heterocycles. The number of aliphatic hydroxyl groups excluding tert-OH is 1. The van der Waals surface area contributed by atoms with Gasteiger partial charge in [0.05, 0.1) is 20.8 Å². The van der Waals surface area contributed by atoms with E-state index in [1.54, 1.807) is 14.2 Å². The van der Waals surface area contributed by atoms with Gasteiger partial charge in [-0.3, -0.25) is 0 Å². The number of unbranched alkanes of at least 4 members (excludes halogenated alkanes) is 3. The van der Waals surface area contributed by atoms with Crippen LogP contribution in [-0.2, 0) is 5.41 Å². The number of benzene rings is 1. The first kappa shape index (κ1) is 23.2. The third-order valence-corrected chi connectivity index (χ3v) is 8.11. The molecule has 3 aliphatic rings. The third-order valence-electron chi connectivity index (χ3n) is 8.11. The first-order chi connectivity index (χ1) is 14.2. The van der Waals surface area contributed by atoms with Crippen LogP contribution in [0.25, 0.3) is 0 Å². The fourth-order valence-corrected chi connectivity index (χ4v) is 5.90. The van der Waals surface area contributed by atoms with Crippen LogP contribution in [0.2, 0.25) is 0 Å². The molecular weight excluding hydrogens is 372 g/mol. The molecule has 3 atom stereocenters. The van der Waals surface area contributed by atoms with Crippen molar-refractivity contribution in [3.8, 4) is 11.5 Å². The molecule has 1 fully saturated rings. The van der Waals surface area contributed by atoms with Crippen LogP contribution in [0.4, 0.5) is 0 Å². The lowest BCUT2D eigenvalue weighted by Crippen LogP contribution is -2.51. The highest BCUT2D eigenvalue weighted by Crippen LogP contribution is 2.65. The summed E-state index contributed by atoms with van der Waals surface area (Å²) >= 11 is 0. The van der Waals surface area contributed by atoms with Gasteiger partial charge in [0.25, 0.3) is 0 Å². The Kier molecular flexibility index (Phi) is 6.91. The molecule has 3 nitrogen and oxygen atoms in total. The van der Waals surface area contributed by atoms with Crippen molar-refractivity contribution in [3.05, 3.63) is 34.9 Å². The van der Waals surface area contributed by atoms with Crippen LogP contribution in [0.15, 0.2) is 23.8 Å². The average molecular weight is 415 g/mol. The molecule has 1 N–H and O–H groups in total. The van der Waals surface area contributed by atoms with E-state index in [4.69, 9.17) is 9.47 Å². The van der Waals surface area contributed by atoms with Gasteiger partial charge < -0.3 is 14.6 Å². The molecule has 2 bridgehead atoms. The summed E-state index contributed by atoms with van der Waals surface area (Å²) in [7, 11) is 3.54. The van der Waals surface area contributed by atoms with E-state index in [-0.39, 0.29) is 23.4 Å². The lowest BCUT2D eigenvalue weighted by molar-refractivity contribution is -0.0260. The Morgan fingerprint density at radius 3 is 2.20 bits per heavy atom. The number of aliphatic hydroxyl groups is 1. The Balaban J connectivity index is 1.99. The van der Waals surface area contributed by atoms with Crippen molar-refractivity contribution in [2.45, 2.75) is 84.5 Å². The minimum atomic E-state index is 0.0757. The van der Waals surface area contributed by atoms with E-state index in [2.05, 4.69) is 52.8 Å². The average Bonchev–Trinajstić information content (AvgIpc) is 2.74. The molecule has 0 aliphatic heterocycles. The van der Waals surface area contributed by atoms with E-state index in [9.17, 15) is 5.11 Å². The monoisotopic (exact) mass is 414 g/mol. The van der Waals surface area contributed by atoms with Gasteiger partial charge in [-0.05, 0) is 58.8 Å². The summed E-state index contributed by atoms with van der Waals surface area (Å²) in [5.41, 5.74) is 3.88. The SMILES string of the molecule is CCCCCCC(C)(C)c1cc(OC)c([C@H]2C=C(CO)[C@@H]3C[C@@H]2C3(C)C)c(OC)c1. The predicted octanol–water partition coefficient (Wildman–Crippen LogP) is 6.63. The fraction of sp³-hybridized carbons (Fsp3) is 0.704. The maximum absolute atomic E-state index is 9.98. The molecule has 0 amide bonds. The number of hydrogen-bond acceptors (Lipinski definition) is 3. The van der Waals surface area contributed by atoms with Gasteiger partial charge in [-0.2, -0.15) is 0 Å². The predicted molar refractivity (Wildman–Crippen MR) is 125 cm³/mol. The van der Waals surface area contributed by atoms with Crippen molar-refractivity contribution in [3.63, 3.8) is 0 Å². The zero-order valence-electron chi connectivity index (χ0n) is 20.2. The summed E-state index contributed by atoms with van der Waals surface area (Å²) in [6, 6.07) is 4.48. The Bertz CT molecular complexity index is 749. The van der Waals surface area contributed by atoms with Crippen LogP contribution in [0, 0.1) is 17.3 Å². The number of rotatable bonds is 10. The highest BCUT2D eigenvalue weighted by Gasteiger charge is 2.56. The highest BCUT2D eigenvalue weighted by molar-refractivity contribution is 5.55. The van der Waals surface area contributed by atoms with Gasteiger partial charge in [0.2, 0.25) is 0 Å². The van der Waals surface area contributed by atoms with Gasteiger partial charge in [-0.25, -0.2) is 0 Å². The Morgan fingerprint density at radius 1 is 1.07 bits per heavy atom.